The van der Waals surface area contributed by atoms with E-state index in [1.165, 1.54) is 17.0 Å². The first-order chi connectivity index (χ1) is 7.66. The van der Waals surface area contributed by atoms with E-state index < -0.39 is 0 Å². The van der Waals surface area contributed by atoms with Crippen LogP contribution in [0.1, 0.15) is 36.6 Å². The molecule has 0 bridgehead atoms. The van der Waals surface area contributed by atoms with Crippen LogP contribution in [-0.2, 0) is 18.7 Å². The van der Waals surface area contributed by atoms with Crippen molar-refractivity contribution in [3.05, 3.63) is 22.8 Å². The first-order valence-electron chi connectivity index (χ1n) is 5.84. The zero-order valence-corrected chi connectivity index (χ0v) is 11.0. The zero-order chi connectivity index (χ0) is 11.5. The molecule has 0 aliphatic carbocycles. The number of nitrogens with zero attached hydrogens (tertiary/aromatic N) is 2. The Kier molecular flexibility index (Phi) is 3.82. The molecule has 16 heavy (non-hydrogen) atoms. The summed E-state index contributed by atoms with van der Waals surface area (Å²) >= 11 is 1.90. The zero-order valence-electron chi connectivity index (χ0n) is 10.2. The van der Waals surface area contributed by atoms with Crippen LogP contribution >= 0.6 is 11.8 Å². The van der Waals surface area contributed by atoms with Crippen molar-refractivity contribution in [2.24, 2.45) is 0 Å². The summed E-state index contributed by atoms with van der Waals surface area (Å²) in [5, 5.41) is 4.00. The lowest BCUT2D eigenvalue weighted by atomic mass is 10.1. The maximum absolute atomic E-state index is 4.65. The van der Waals surface area contributed by atoms with Crippen molar-refractivity contribution in [2.75, 3.05) is 6.54 Å². The van der Waals surface area contributed by atoms with Crippen molar-refractivity contribution in [1.82, 2.24) is 15.3 Å². The Hall–Kier alpha value is -0.610. The maximum atomic E-state index is 4.65. The van der Waals surface area contributed by atoms with E-state index in [-0.39, 0.29) is 0 Å². The molecule has 0 atom stereocenters. The van der Waals surface area contributed by atoms with Gasteiger partial charge in [0.15, 0.2) is 0 Å². The Morgan fingerprint density at radius 2 is 2.19 bits per heavy atom. The van der Waals surface area contributed by atoms with E-state index in [9.17, 15) is 0 Å². The molecule has 1 aliphatic heterocycles. The first kappa shape index (κ1) is 11.9. The fourth-order valence-corrected chi connectivity index (χ4v) is 2.53. The van der Waals surface area contributed by atoms with E-state index in [0.717, 1.165) is 31.1 Å². The van der Waals surface area contributed by atoms with Gasteiger partial charge < -0.3 is 5.32 Å². The maximum Gasteiger partial charge on any atom is 0.138 e. The van der Waals surface area contributed by atoms with Crippen LogP contribution < -0.4 is 5.32 Å². The van der Waals surface area contributed by atoms with Crippen molar-refractivity contribution in [2.45, 2.75) is 44.7 Å². The Morgan fingerprint density at radius 1 is 1.38 bits per heavy atom. The molecule has 4 heteroatoms. The molecule has 0 saturated heterocycles. The molecule has 1 aromatic heterocycles. The molecule has 2 heterocycles. The number of rotatable bonds is 3. The van der Waals surface area contributed by atoms with Gasteiger partial charge in [0.1, 0.15) is 5.82 Å². The molecule has 0 unspecified atom stereocenters. The highest BCUT2D eigenvalue weighted by Gasteiger charge is 2.14. The fourth-order valence-electron chi connectivity index (χ4n) is 1.92. The van der Waals surface area contributed by atoms with Crippen molar-refractivity contribution < 1.29 is 0 Å². The highest BCUT2D eigenvalue weighted by Crippen LogP contribution is 2.19. The summed E-state index contributed by atoms with van der Waals surface area (Å²) in [7, 11) is 0. The second kappa shape index (κ2) is 5.15. The van der Waals surface area contributed by atoms with Crippen LogP contribution in [-0.4, -0.2) is 21.8 Å². The van der Waals surface area contributed by atoms with Gasteiger partial charge >= 0.3 is 0 Å². The number of hydrogen-bond acceptors (Lipinski definition) is 4. The van der Waals surface area contributed by atoms with E-state index in [1.807, 2.05) is 11.8 Å². The molecule has 2 rings (SSSR count). The molecule has 0 radical (unpaired) electrons. The van der Waals surface area contributed by atoms with Crippen molar-refractivity contribution in [3.8, 4) is 0 Å². The van der Waals surface area contributed by atoms with Gasteiger partial charge in [-0.15, -0.1) is 0 Å². The molecular weight excluding hydrogens is 218 g/mol. The molecule has 1 aromatic rings. The summed E-state index contributed by atoms with van der Waals surface area (Å²) in [4.78, 5) is 9.25. The van der Waals surface area contributed by atoms with E-state index >= 15 is 0 Å². The lowest BCUT2D eigenvalue weighted by Crippen LogP contribution is -2.26. The van der Waals surface area contributed by atoms with Gasteiger partial charge in [-0.1, -0.05) is 13.8 Å². The topological polar surface area (TPSA) is 37.8 Å². The minimum absolute atomic E-state index is 0.637. The van der Waals surface area contributed by atoms with Crippen LogP contribution in [0.15, 0.2) is 0 Å². The van der Waals surface area contributed by atoms with Crippen LogP contribution in [0.5, 0.6) is 0 Å². The molecule has 0 aromatic carbocycles. The van der Waals surface area contributed by atoms with Crippen LogP contribution in [0.2, 0.25) is 0 Å². The third-order valence-electron chi connectivity index (χ3n) is 2.74. The predicted molar refractivity (Wildman–Crippen MR) is 68.6 cm³/mol. The standard InChI is InChI=1S/C12H19N3S/c1-8(2)16-7-12-14-9(3)10-4-5-13-6-11(10)15-12/h8,13H,4-7H2,1-3H3. The molecular formula is C12H19N3S. The molecule has 3 nitrogen and oxygen atoms in total. The van der Waals surface area contributed by atoms with Gasteiger partial charge in [0.25, 0.3) is 0 Å². The number of aromatic nitrogens is 2. The SMILES string of the molecule is Cc1nc(CSC(C)C)nc2c1CCNC2. The third-order valence-corrected chi connectivity index (χ3v) is 3.83. The monoisotopic (exact) mass is 237 g/mol. The quantitative estimate of drug-likeness (QED) is 0.873. The van der Waals surface area contributed by atoms with Gasteiger partial charge in [-0.25, -0.2) is 9.97 Å². The lowest BCUT2D eigenvalue weighted by molar-refractivity contribution is 0.614. The van der Waals surface area contributed by atoms with Gasteiger partial charge in [0.2, 0.25) is 0 Å². The van der Waals surface area contributed by atoms with E-state index in [1.54, 1.807) is 0 Å². The van der Waals surface area contributed by atoms with Gasteiger partial charge in [0.05, 0.1) is 11.4 Å². The summed E-state index contributed by atoms with van der Waals surface area (Å²) in [5.41, 5.74) is 3.74. The number of aryl methyl sites for hydroxylation is 1. The molecule has 88 valence electrons. The lowest BCUT2D eigenvalue weighted by Gasteiger charge is -2.18. The highest BCUT2D eigenvalue weighted by molar-refractivity contribution is 7.99. The Bertz CT molecular complexity index is 377. The van der Waals surface area contributed by atoms with Gasteiger partial charge in [-0.3, -0.25) is 0 Å². The summed E-state index contributed by atoms with van der Waals surface area (Å²) in [6.45, 7) is 8.47. The molecule has 1 N–H and O–H groups in total. The third kappa shape index (κ3) is 2.74. The number of thioether (sulfide) groups is 1. The minimum atomic E-state index is 0.637. The van der Waals surface area contributed by atoms with Gasteiger partial charge in [0, 0.05) is 12.2 Å². The molecule has 0 amide bonds. The normalized spacial score (nSPS) is 15.2. The predicted octanol–water partition coefficient (Wildman–Crippen LogP) is 2.07. The van der Waals surface area contributed by atoms with E-state index in [0.29, 0.717) is 5.25 Å². The Labute approximate surface area is 101 Å². The van der Waals surface area contributed by atoms with Crippen molar-refractivity contribution in [1.29, 1.82) is 0 Å². The smallest absolute Gasteiger partial charge is 0.138 e. The second-order valence-corrected chi connectivity index (χ2v) is 6.00. The largest absolute Gasteiger partial charge is 0.311 e. The molecule has 1 aliphatic rings. The fraction of sp³-hybridized carbons (Fsp3) is 0.667. The summed E-state index contributed by atoms with van der Waals surface area (Å²) in [6, 6.07) is 0. The van der Waals surface area contributed by atoms with Crippen molar-refractivity contribution in [3.63, 3.8) is 0 Å². The summed E-state index contributed by atoms with van der Waals surface area (Å²) in [5.74, 6) is 1.91. The Balaban J connectivity index is 2.18. The minimum Gasteiger partial charge on any atom is -0.311 e. The molecule has 0 saturated carbocycles. The second-order valence-electron chi connectivity index (χ2n) is 4.44. The Morgan fingerprint density at radius 3 is 2.94 bits per heavy atom. The van der Waals surface area contributed by atoms with Crippen LogP contribution in [0.4, 0.5) is 0 Å². The molecule has 0 fully saturated rings. The number of fused-ring (bicyclic) bond motifs is 1. The van der Waals surface area contributed by atoms with Crippen molar-refractivity contribution >= 4 is 11.8 Å². The number of hydrogen-bond donors (Lipinski definition) is 1. The highest BCUT2D eigenvalue weighted by atomic mass is 32.2. The average Bonchev–Trinajstić information content (AvgIpc) is 2.26. The first-order valence-corrected chi connectivity index (χ1v) is 6.89. The van der Waals surface area contributed by atoms with E-state index in [4.69, 9.17) is 0 Å². The van der Waals surface area contributed by atoms with Crippen LogP contribution in [0.25, 0.3) is 0 Å². The van der Waals surface area contributed by atoms with E-state index in [2.05, 4.69) is 36.1 Å². The van der Waals surface area contributed by atoms with Crippen LogP contribution in [0, 0.1) is 6.92 Å². The summed E-state index contributed by atoms with van der Waals surface area (Å²) in [6.07, 6.45) is 1.07. The van der Waals surface area contributed by atoms with Gasteiger partial charge in [-0.2, -0.15) is 11.8 Å². The average molecular weight is 237 g/mol. The number of nitrogens with one attached hydrogen (secondary N) is 1. The van der Waals surface area contributed by atoms with Gasteiger partial charge in [-0.05, 0) is 30.7 Å². The molecule has 0 spiro atoms. The summed E-state index contributed by atoms with van der Waals surface area (Å²) < 4.78 is 0. The van der Waals surface area contributed by atoms with Crippen LogP contribution in [0.3, 0.4) is 0 Å².